The number of carboxylic acid groups (broad SMARTS) is 1. The number of carbonyl (C=O) groups is 1. The lowest BCUT2D eigenvalue weighted by Crippen LogP contribution is -2.18. The molecule has 1 unspecified atom stereocenters. The van der Waals surface area contributed by atoms with Crippen molar-refractivity contribution in [2.24, 2.45) is 5.92 Å². The number of hydrogen-bond acceptors (Lipinski definition) is 4. The van der Waals surface area contributed by atoms with E-state index in [-0.39, 0.29) is 12.3 Å². The second-order valence-corrected chi connectivity index (χ2v) is 4.18. The highest BCUT2D eigenvalue weighted by Gasteiger charge is 2.11. The van der Waals surface area contributed by atoms with E-state index in [9.17, 15) is 4.79 Å². The van der Waals surface area contributed by atoms with Crippen LogP contribution in [0.15, 0.2) is 6.20 Å². The molecule has 0 aliphatic rings. The van der Waals surface area contributed by atoms with E-state index in [1.54, 1.807) is 6.20 Å². The standard InChI is InChI=1S/C12H19N3O2/c1-4-10(5-12(16)17)6-14-11-7-13-8(2)9(3)15-11/h7,10H,4-6H2,1-3H3,(H,14,15)(H,16,17). The van der Waals surface area contributed by atoms with Crippen LogP contribution < -0.4 is 5.32 Å². The number of aromatic nitrogens is 2. The first-order chi connectivity index (χ1) is 8.02. The maximum atomic E-state index is 10.6. The Hall–Kier alpha value is -1.65. The van der Waals surface area contributed by atoms with Gasteiger partial charge >= 0.3 is 5.97 Å². The van der Waals surface area contributed by atoms with E-state index in [0.717, 1.165) is 17.8 Å². The van der Waals surface area contributed by atoms with Gasteiger partial charge in [0.15, 0.2) is 0 Å². The zero-order valence-corrected chi connectivity index (χ0v) is 10.5. The Balaban J connectivity index is 2.53. The third kappa shape index (κ3) is 4.38. The minimum absolute atomic E-state index is 0.121. The van der Waals surface area contributed by atoms with Gasteiger partial charge in [0.25, 0.3) is 0 Å². The third-order valence-corrected chi connectivity index (χ3v) is 2.80. The number of hydrogen-bond donors (Lipinski definition) is 2. The van der Waals surface area contributed by atoms with Crippen LogP contribution in [0.2, 0.25) is 0 Å². The summed E-state index contributed by atoms with van der Waals surface area (Å²) >= 11 is 0. The maximum Gasteiger partial charge on any atom is 0.303 e. The third-order valence-electron chi connectivity index (χ3n) is 2.80. The molecule has 0 amide bonds. The fourth-order valence-electron chi connectivity index (χ4n) is 1.48. The van der Waals surface area contributed by atoms with Gasteiger partial charge in [0.2, 0.25) is 0 Å². The van der Waals surface area contributed by atoms with E-state index >= 15 is 0 Å². The lowest BCUT2D eigenvalue weighted by atomic mass is 10.0. The minimum Gasteiger partial charge on any atom is -0.481 e. The number of rotatable bonds is 6. The summed E-state index contributed by atoms with van der Waals surface area (Å²) in [6.45, 7) is 6.41. The van der Waals surface area contributed by atoms with Gasteiger partial charge in [-0.3, -0.25) is 9.78 Å². The van der Waals surface area contributed by atoms with Crippen LogP contribution in [0.25, 0.3) is 0 Å². The normalized spacial score (nSPS) is 12.2. The molecule has 5 nitrogen and oxygen atoms in total. The van der Waals surface area contributed by atoms with Crippen LogP contribution in [0.5, 0.6) is 0 Å². The molecule has 0 spiro atoms. The van der Waals surface area contributed by atoms with E-state index < -0.39 is 5.97 Å². The SMILES string of the molecule is CCC(CNc1cnc(C)c(C)n1)CC(=O)O. The summed E-state index contributed by atoms with van der Waals surface area (Å²) in [5.41, 5.74) is 1.80. The molecule has 1 rings (SSSR count). The average molecular weight is 237 g/mol. The van der Waals surface area contributed by atoms with E-state index in [0.29, 0.717) is 12.4 Å². The van der Waals surface area contributed by atoms with Crippen LogP contribution in [0.4, 0.5) is 5.82 Å². The van der Waals surface area contributed by atoms with Gasteiger partial charge in [0.1, 0.15) is 5.82 Å². The Labute approximate surface area is 101 Å². The smallest absolute Gasteiger partial charge is 0.303 e. The highest BCUT2D eigenvalue weighted by atomic mass is 16.4. The fourth-order valence-corrected chi connectivity index (χ4v) is 1.48. The first-order valence-electron chi connectivity index (χ1n) is 5.78. The molecule has 0 fully saturated rings. The van der Waals surface area contributed by atoms with E-state index in [4.69, 9.17) is 5.11 Å². The first-order valence-corrected chi connectivity index (χ1v) is 5.78. The number of nitrogens with one attached hydrogen (secondary N) is 1. The van der Waals surface area contributed by atoms with Gasteiger partial charge in [-0.1, -0.05) is 13.3 Å². The van der Waals surface area contributed by atoms with Crippen LogP contribution in [0.3, 0.4) is 0 Å². The van der Waals surface area contributed by atoms with Gasteiger partial charge in [-0.2, -0.15) is 0 Å². The van der Waals surface area contributed by atoms with Gasteiger partial charge in [0.05, 0.1) is 17.6 Å². The molecule has 0 saturated heterocycles. The summed E-state index contributed by atoms with van der Waals surface area (Å²) in [6.07, 6.45) is 2.69. The monoisotopic (exact) mass is 237 g/mol. The summed E-state index contributed by atoms with van der Waals surface area (Å²) < 4.78 is 0. The second-order valence-electron chi connectivity index (χ2n) is 4.18. The topological polar surface area (TPSA) is 75.1 Å². The van der Waals surface area contributed by atoms with Gasteiger partial charge in [-0.05, 0) is 19.8 Å². The highest BCUT2D eigenvalue weighted by molar-refractivity contribution is 5.67. The largest absolute Gasteiger partial charge is 0.481 e. The van der Waals surface area contributed by atoms with Crippen LogP contribution in [-0.4, -0.2) is 27.6 Å². The van der Waals surface area contributed by atoms with Gasteiger partial charge in [-0.15, -0.1) is 0 Å². The van der Waals surface area contributed by atoms with Crippen molar-refractivity contribution in [3.05, 3.63) is 17.6 Å². The van der Waals surface area contributed by atoms with Crippen LogP contribution in [-0.2, 0) is 4.79 Å². The van der Waals surface area contributed by atoms with Crippen LogP contribution in [0, 0.1) is 19.8 Å². The summed E-state index contributed by atoms with van der Waals surface area (Å²) in [5, 5.41) is 11.9. The summed E-state index contributed by atoms with van der Waals surface area (Å²) in [6, 6.07) is 0. The van der Waals surface area contributed by atoms with E-state index in [2.05, 4.69) is 15.3 Å². The van der Waals surface area contributed by atoms with Crippen LogP contribution >= 0.6 is 0 Å². The number of carboxylic acids is 1. The molecule has 17 heavy (non-hydrogen) atoms. The van der Waals surface area contributed by atoms with E-state index in [1.165, 1.54) is 0 Å². The van der Waals surface area contributed by atoms with Gasteiger partial charge in [0, 0.05) is 13.0 Å². The van der Waals surface area contributed by atoms with Crippen molar-refractivity contribution < 1.29 is 9.90 Å². The average Bonchev–Trinajstić information content (AvgIpc) is 2.28. The lowest BCUT2D eigenvalue weighted by Gasteiger charge is -2.14. The maximum absolute atomic E-state index is 10.6. The van der Waals surface area contributed by atoms with Gasteiger partial charge < -0.3 is 10.4 Å². The van der Waals surface area contributed by atoms with Crippen molar-refractivity contribution in [1.82, 2.24) is 9.97 Å². The molecular formula is C12H19N3O2. The number of aliphatic carboxylic acids is 1. The van der Waals surface area contributed by atoms with Crippen molar-refractivity contribution in [2.75, 3.05) is 11.9 Å². The predicted octanol–water partition coefficient (Wildman–Crippen LogP) is 2.01. The minimum atomic E-state index is -0.759. The van der Waals surface area contributed by atoms with Crippen molar-refractivity contribution in [3.8, 4) is 0 Å². The molecule has 0 aliphatic heterocycles. The highest BCUT2D eigenvalue weighted by Crippen LogP contribution is 2.11. The van der Waals surface area contributed by atoms with E-state index in [1.807, 2.05) is 20.8 Å². The zero-order valence-electron chi connectivity index (χ0n) is 10.5. The summed E-state index contributed by atoms with van der Waals surface area (Å²) in [5.74, 6) is 0.0673. The molecule has 94 valence electrons. The van der Waals surface area contributed by atoms with Crippen molar-refractivity contribution >= 4 is 11.8 Å². The Morgan fingerprint density at radius 1 is 1.47 bits per heavy atom. The predicted molar refractivity (Wildman–Crippen MR) is 66.0 cm³/mol. The number of nitrogens with zero attached hydrogens (tertiary/aromatic N) is 2. The lowest BCUT2D eigenvalue weighted by molar-refractivity contribution is -0.138. The molecule has 1 atom stereocenters. The molecule has 0 bridgehead atoms. The number of anilines is 1. The molecule has 1 heterocycles. The molecule has 0 saturated carbocycles. The van der Waals surface area contributed by atoms with Crippen molar-refractivity contribution in [2.45, 2.75) is 33.6 Å². The zero-order chi connectivity index (χ0) is 12.8. The molecule has 2 N–H and O–H groups in total. The Morgan fingerprint density at radius 2 is 2.18 bits per heavy atom. The Bertz CT molecular complexity index is 393. The van der Waals surface area contributed by atoms with Crippen molar-refractivity contribution in [1.29, 1.82) is 0 Å². The molecule has 1 aromatic heterocycles. The molecular weight excluding hydrogens is 218 g/mol. The van der Waals surface area contributed by atoms with Gasteiger partial charge in [-0.25, -0.2) is 4.98 Å². The summed E-state index contributed by atoms with van der Waals surface area (Å²) in [4.78, 5) is 19.2. The number of aryl methyl sites for hydroxylation is 2. The van der Waals surface area contributed by atoms with Crippen LogP contribution in [0.1, 0.15) is 31.2 Å². The Kier molecular flexibility index (Phi) is 4.87. The quantitative estimate of drug-likeness (QED) is 0.791. The second kappa shape index (κ2) is 6.18. The first kappa shape index (κ1) is 13.4. The molecule has 1 aromatic rings. The molecule has 5 heteroatoms. The Morgan fingerprint density at radius 3 is 2.71 bits per heavy atom. The molecule has 0 radical (unpaired) electrons. The van der Waals surface area contributed by atoms with Crippen molar-refractivity contribution in [3.63, 3.8) is 0 Å². The molecule has 0 aromatic carbocycles. The fraction of sp³-hybridized carbons (Fsp3) is 0.583. The molecule has 0 aliphatic carbocycles. The summed E-state index contributed by atoms with van der Waals surface area (Å²) in [7, 11) is 0.